The van der Waals surface area contributed by atoms with Gasteiger partial charge in [0.15, 0.2) is 0 Å². The number of carbonyl (C=O) groups is 2. The van der Waals surface area contributed by atoms with E-state index in [2.05, 4.69) is 15.3 Å². The first kappa shape index (κ1) is 20.9. The maximum Gasteiger partial charge on any atom is 0.260 e. The number of fused-ring (bicyclic) bond motifs is 1. The fourth-order valence-electron chi connectivity index (χ4n) is 3.80. The van der Waals surface area contributed by atoms with Gasteiger partial charge in [-0.15, -0.1) is 10.2 Å². The van der Waals surface area contributed by atoms with Gasteiger partial charge in [0.05, 0.1) is 22.8 Å². The van der Waals surface area contributed by atoms with Crippen LogP contribution < -0.4 is 4.90 Å². The molecule has 2 aromatic carbocycles. The number of hydrogen-bond donors (Lipinski definition) is 0. The van der Waals surface area contributed by atoms with Crippen LogP contribution in [0.3, 0.4) is 0 Å². The van der Waals surface area contributed by atoms with E-state index >= 15 is 0 Å². The minimum absolute atomic E-state index is 0.139. The standard InChI is InChI=1S/C23H19ClN6O3/c1-15-26-27-21(33-15)13-28-12-16-5-2-3-6-20(16)29(14-22(28)31)23(32)18-8-7-17(11-19(18)24)30-10-4-9-25-30/h2-11H,12-14H2,1H3. The number of anilines is 1. The van der Waals surface area contributed by atoms with Gasteiger partial charge in [0.2, 0.25) is 17.7 Å². The summed E-state index contributed by atoms with van der Waals surface area (Å²) in [7, 11) is 0. The van der Waals surface area contributed by atoms with E-state index in [1.54, 1.807) is 53.2 Å². The van der Waals surface area contributed by atoms with Crippen molar-refractivity contribution in [1.29, 1.82) is 0 Å². The van der Waals surface area contributed by atoms with Crippen molar-refractivity contribution in [2.24, 2.45) is 0 Å². The molecule has 0 aliphatic carbocycles. The highest BCUT2D eigenvalue weighted by atomic mass is 35.5. The Balaban J connectivity index is 1.46. The molecule has 4 aromatic rings. The first-order valence-electron chi connectivity index (χ1n) is 10.3. The van der Waals surface area contributed by atoms with Crippen LogP contribution in [0.2, 0.25) is 5.02 Å². The maximum absolute atomic E-state index is 13.6. The second-order valence-electron chi connectivity index (χ2n) is 7.60. The van der Waals surface area contributed by atoms with Gasteiger partial charge in [0.1, 0.15) is 6.54 Å². The van der Waals surface area contributed by atoms with Crippen LogP contribution in [-0.4, -0.2) is 43.2 Å². The molecular weight excluding hydrogens is 444 g/mol. The zero-order chi connectivity index (χ0) is 22.9. The van der Waals surface area contributed by atoms with Crippen LogP contribution >= 0.6 is 11.6 Å². The third-order valence-corrected chi connectivity index (χ3v) is 5.69. The van der Waals surface area contributed by atoms with Crippen molar-refractivity contribution in [1.82, 2.24) is 24.9 Å². The van der Waals surface area contributed by atoms with Crippen molar-refractivity contribution >= 4 is 29.1 Å². The van der Waals surface area contributed by atoms with Crippen LogP contribution in [0.15, 0.2) is 65.3 Å². The van der Waals surface area contributed by atoms with Gasteiger partial charge in [-0.1, -0.05) is 29.8 Å². The highest BCUT2D eigenvalue weighted by molar-refractivity contribution is 6.35. The predicted molar refractivity (Wildman–Crippen MR) is 120 cm³/mol. The highest BCUT2D eigenvalue weighted by Gasteiger charge is 2.31. The molecule has 9 nitrogen and oxygen atoms in total. The summed E-state index contributed by atoms with van der Waals surface area (Å²) < 4.78 is 7.10. The van der Waals surface area contributed by atoms with Gasteiger partial charge in [-0.2, -0.15) is 5.10 Å². The lowest BCUT2D eigenvalue weighted by molar-refractivity contribution is -0.131. The van der Waals surface area contributed by atoms with Crippen molar-refractivity contribution in [2.45, 2.75) is 20.0 Å². The third kappa shape index (κ3) is 4.10. The van der Waals surface area contributed by atoms with Crippen molar-refractivity contribution in [2.75, 3.05) is 11.4 Å². The van der Waals surface area contributed by atoms with Gasteiger partial charge >= 0.3 is 0 Å². The van der Waals surface area contributed by atoms with E-state index in [4.69, 9.17) is 16.0 Å². The fraction of sp³-hybridized carbons (Fsp3) is 0.174. The summed E-state index contributed by atoms with van der Waals surface area (Å²) in [6.07, 6.45) is 3.45. The molecule has 0 saturated heterocycles. The summed E-state index contributed by atoms with van der Waals surface area (Å²) in [4.78, 5) is 29.7. The molecule has 166 valence electrons. The largest absolute Gasteiger partial charge is 0.424 e. The first-order valence-corrected chi connectivity index (χ1v) is 10.6. The molecule has 0 bridgehead atoms. The van der Waals surface area contributed by atoms with Crippen LogP contribution in [0.5, 0.6) is 0 Å². The highest BCUT2D eigenvalue weighted by Crippen LogP contribution is 2.30. The summed E-state index contributed by atoms with van der Waals surface area (Å²) in [6.45, 7) is 2.03. The number of para-hydroxylation sites is 1. The minimum Gasteiger partial charge on any atom is -0.424 e. The van der Waals surface area contributed by atoms with Crippen LogP contribution in [0, 0.1) is 6.92 Å². The third-order valence-electron chi connectivity index (χ3n) is 5.38. The second kappa shape index (κ2) is 8.51. The Bertz CT molecular complexity index is 1330. The number of amides is 2. The lowest BCUT2D eigenvalue weighted by Gasteiger charge is -2.23. The molecule has 33 heavy (non-hydrogen) atoms. The number of nitrogens with zero attached hydrogens (tertiary/aromatic N) is 6. The molecule has 1 aliphatic heterocycles. The Labute approximate surface area is 194 Å². The van der Waals surface area contributed by atoms with E-state index in [-0.39, 0.29) is 29.9 Å². The SMILES string of the molecule is Cc1nnc(CN2Cc3ccccc3N(C(=O)c3ccc(-n4cccn4)cc3Cl)CC2=O)o1. The monoisotopic (exact) mass is 462 g/mol. The van der Waals surface area contributed by atoms with E-state index in [0.717, 1.165) is 11.3 Å². The van der Waals surface area contributed by atoms with E-state index in [1.807, 2.05) is 24.3 Å². The number of carbonyl (C=O) groups excluding carboxylic acids is 2. The molecule has 2 amide bonds. The number of halogens is 1. The van der Waals surface area contributed by atoms with Gasteiger partial charge < -0.3 is 9.32 Å². The Morgan fingerprint density at radius 3 is 2.70 bits per heavy atom. The Hall–Kier alpha value is -3.98. The maximum atomic E-state index is 13.6. The van der Waals surface area contributed by atoms with E-state index in [9.17, 15) is 9.59 Å². The Kier molecular flexibility index (Phi) is 5.39. The van der Waals surface area contributed by atoms with Crippen LogP contribution in [-0.2, 0) is 17.9 Å². The van der Waals surface area contributed by atoms with Gasteiger partial charge in [-0.05, 0) is 35.9 Å². The molecule has 2 aromatic heterocycles. The zero-order valence-corrected chi connectivity index (χ0v) is 18.4. The van der Waals surface area contributed by atoms with Crippen molar-refractivity contribution in [3.05, 3.63) is 88.9 Å². The molecule has 0 unspecified atom stereocenters. The summed E-state index contributed by atoms with van der Waals surface area (Å²) in [5.74, 6) is 0.177. The summed E-state index contributed by atoms with van der Waals surface area (Å²) in [5.41, 5.74) is 2.52. The molecule has 0 fully saturated rings. The minimum atomic E-state index is -0.358. The van der Waals surface area contributed by atoms with Crippen LogP contribution in [0.1, 0.15) is 27.7 Å². The van der Waals surface area contributed by atoms with Crippen LogP contribution in [0.4, 0.5) is 5.69 Å². The number of benzene rings is 2. The van der Waals surface area contributed by atoms with Gasteiger partial charge in [-0.25, -0.2) is 4.68 Å². The lowest BCUT2D eigenvalue weighted by atomic mass is 10.1. The molecule has 1 aliphatic rings. The second-order valence-corrected chi connectivity index (χ2v) is 8.01. The van der Waals surface area contributed by atoms with E-state index in [1.165, 1.54) is 4.90 Å². The normalized spacial score (nSPS) is 13.7. The van der Waals surface area contributed by atoms with E-state index in [0.29, 0.717) is 29.6 Å². The van der Waals surface area contributed by atoms with Crippen molar-refractivity contribution < 1.29 is 14.0 Å². The van der Waals surface area contributed by atoms with Crippen LogP contribution in [0.25, 0.3) is 5.69 Å². The lowest BCUT2D eigenvalue weighted by Crippen LogP contribution is -2.40. The summed E-state index contributed by atoms with van der Waals surface area (Å²) in [5, 5.41) is 12.3. The average molecular weight is 463 g/mol. The van der Waals surface area contributed by atoms with Crippen molar-refractivity contribution in [3.63, 3.8) is 0 Å². The molecule has 0 spiro atoms. The number of hydrogen-bond acceptors (Lipinski definition) is 6. The molecule has 10 heteroatoms. The topological polar surface area (TPSA) is 97.4 Å². The number of rotatable bonds is 4. The summed E-state index contributed by atoms with van der Waals surface area (Å²) >= 11 is 6.49. The Morgan fingerprint density at radius 1 is 1.12 bits per heavy atom. The number of aromatic nitrogens is 4. The summed E-state index contributed by atoms with van der Waals surface area (Å²) in [6, 6.07) is 14.3. The molecular formula is C23H19ClN6O3. The van der Waals surface area contributed by atoms with Gasteiger partial charge in [0.25, 0.3) is 5.91 Å². The molecule has 3 heterocycles. The first-order chi connectivity index (χ1) is 16.0. The van der Waals surface area contributed by atoms with E-state index < -0.39 is 0 Å². The Morgan fingerprint density at radius 2 is 1.97 bits per heavy atom. The molecule has 0 N–H and O–H groups in total. The quantitative estimate of drug-likeness (QED) is 0.461. The van der Waals surface area contributed by atoms with Crippen molar-refractivity contribution in [3.8, 4) is 5.69 Å². The molecule has 0 atom stereocenters. The smallest absolute Gasteiger partial charge is 0.260 e. The average Bonchev–Trinajstić information content (AvgIpc) is 3.46. The molecule has 0 radical (unpaired) electrons. The molecule has 0 saturated carbocycles. The predicted octanol–water partition coefficient (Wildman–Crippen LogP) is 3.41. The van der Waals surface area contributed by atoms with Gasteiger partial charge in [0, 0.05) is 31.5 Å². The number of aryl methyl sites for hydroxylation is 1. The fourth-order valence-corrected chi connectivity index (χ4v) is 4.05. The van der Waals surface area contributed by atoms with Gasteiger partial charge in [-0.3, -0.25) is 14.5 Å². The zero-order valence-electron chi connectivity index (χ0n) is 17.7. The molecule has 5 rings (SSSR count).